The number of carbonyl (C=O) groups is 1. The van der Waals surface area contributed by atoms with Crippen LogP contribution in [0.25, 0.3) is 0 Å². The van der Waals surface area contributed by atoms with Crippen LogP contribution in [0.4, 0.5) is 4.39 Å². The predicted molar refractivity (Wildman–Crippen MR) is 100 cm³/mol. The van der Waals surface area contributed by atoms with Gasteiger partial charge in [0.15, 0.2) is 0 Å². The van der Waals surface area contributed by atoms with Crippen LogP contribution in [0, 0.1) is 5.92 Å². The van der Waals surface area contributed by atoms with E-state index in [4.69, 9.17) is 5.11 Å². The Morgan fingerprint density at radius 1 is 1.04 bits per heavy atom. The molecule has 3 rings (SSSR count). The first-order valence-electron chi connectivity index (χ1n) is 8.72. The van der Waals surface area contributed by atoms with E-state index in [2.05, 4.69) is 17.0 Å². The molecule has 0 spiro atoms. The number of rotatable bonds is 7. The molecule has 0 saturated heterocycles. The van der Waals surface area contributed by atoms with Crippen molar-refractivity contribution >= 4 is 5.97 Å². The van der Waals surface area contributed by atoms with E-state index in [1.54, 1.807) is 18.2 Å². The highest BCUT2D eigenvalue weighted by Gasteiger charge is 2.15. The normalized spacial score (nSPS) is 16.5. The molecule has 3 nitrogen and oxygen atoms in total. The number of halogens is 1. The molecule has 2 aromatic carbocycles. The zero-order valence-electron chi connectivity index (χ0n) is 14.5. The van der Waals surface area contributed by atoms with Crippen molar-refractivity contribution in [2.75, 3.05) is 6.54 Å². The van der Waals surface area contributed by atoms with Crippen LogP contribution >= 0.6 is 0 Å². The maximum atomic E-state index is 13.2. The smallest absolute Gasteiger partial charge is 0.335 e. The molecule has 134 valence electrons. The molecule has 0 heterocycles. The van der Waals surface area contributed by atoms with Crippen molar-refractivity contribution in [3.05, 3.63) is 95.3 Å². The fraction of sp³-hybridized carbons (Fsp3) is 0.227. The molecular formula is C22H22FNO2. The van der Waals surface area contributed by atoms with Crippen LogP contribution in [0.15, 0.2) is 78.7 Å². The van der Waals surface area contributed by atoms with Crippen molar-refractivity contribution in [3.63, 3.8) is 0 Å². The Balaban J connectivity index is 1.71. The van der Waals surface area contributed by atoms with Crippen molar-refractivity contribution in [1.29, 1.82) is 0 Å². The van der Waals surface area contributed by atoms with Gasteiger partial charge in [0.1, 0.15) is 5.83 Å². The average molecular weight is 351 g/mol. The molecule has 1 atom stereocenters. The summed E-state index contributed by atoms with van der Waals surface area (Å²) in [6.45, 7) is 2.32. The molecule has 2 aromatic rings. The minimum atomic E-state index is -0.918. The number of aromatic carboxylic acids is 1. The molecule has 0 saturated carbocycles. The van der Waals surface area contributed by atoms with E-state index in [0.29, 0.717) is 18.5 Å². The number of hydrogen-bond acceptors (Lipinski definition) is 2. The first-order chi connectivity index (χ1) is 12.6. The van der Waals surface area contributed by atoms with Gasteiger partial charge in [-0.3, -0.25) is 4.90 Å². The van der Waals surface area contributed by atoms with Crippen LogP contribution in [0.2, 0.25) is 0 Å². The molecule has 0 fully saturated rings. The Kier molecular flexibility index (Phi) is 5.97. The summed E-state index contributed by atoms with van der Waals surface area (Å²) in [6, 6.07) is 17.2. The Hall–Kier alpha value is -2.72. The van der Waals surface area contributed by atoms with Gasteiger partial charge in [-0.05, 0) is 47.8 Å². The van der Waals surface area contributed by atoms with Gasteiger partial charge in [0.25, 0.3) is 0 Å². The molecule has 4 heteroatoms. The number of benzene rings is 2. The molecule has 1 unspecified atom stereocenters. The molecule has 0 radical (unpaired) electrons. The second-order valence-corrected chi connectivity index (χ2v) is 6.60. The molecule has 1 aliphatic carbocycles. The van der Waals surface area contributed by atoms with Crippen LogP contribution in [-0.2, 0) is 13.1 Å². The van der Waals surface area contributed by atoms with Crippen LogP contribution < -0.4 is 0 Å². The van der Waals surface area contributed by atoms with Gasteiger partial charge in [-0.15, -0.1) is 0 Å². The van der Waals surface area contributed by atoms with Gasteiger partial charge in [-0.1, -0.05) is 48.5 Å². The minimum Gasteiger partial charge on any atom is -0.478 e. The lowest BCUT2D eigenvalue weighted by molar-refractivity contribution is 0.0697. The van der Waals surface area contributed by atoms with E-state index in [1.165, 1.54) is 11.6 Å². The van der Waals surface area contributed by atoms with Gasteiger partial charge < -0.3 is 5.11 Å². The zero-order valence-corrected chi connectivity index (χ0v) is 14.5. The Morgan fingerprint density at radius 2 is 1.69 bits per heavy atom. The van der Waals surface area contributed by atoms with Crippen molar-refractivity contribution in [3.8, 4) is 0 Å². The first-order valence-corrected chi connectivity index (χ1v) is 8.72. The van der Waals surface area contributed by atoms with Crippen molar-refractivity contribution in [2.45, 2.75) is 19.5 Å². The molecule has 0 amide bonds. The molecular weight excluding hydrogens is 329 g/mol. The highest BCUT2D eigenvalue weighted by Crippen LogP contribution is 2.20. The SMILES string of the molecule is O=C(O)c1ccc(CN(Cc2ccccc2)CC2C=CC(F)=CC2)cc1. The second-order valence-electron chi connectivity index (χ2n) is 6.60. The first kappa shape index (κ1) is 18.1. The van der Waals surface area contributed by atoms with Crippen LogP contribution in [0.5, 0.6) is 0 Å². The molecule has 0 aliphatic heterocycles. The molecule has 1 N–H and O–H groups in total. The fourth-order valence-corrected chi connectivity index (χ4v) is 3.14. The van der Waals surface area contributed by atoms with Gasteiger partial charge in [-0.2, -0.15) is 0 Å². The summed E-state index contributed by atoms with van der Waals surface area (Å²) in [5.41, 5.74) is 2.57. The molecule has 0 bridgehead atoms. The average Bonchev–Trinajstić information content (AvgIpc) is 2.65. The summed E-state index contributed by atoms with van der Waals surface area (Å²) in [5, 5.41) is 9.04. The van der Waals surface area contributed by atoms with Gasteiger partial charge in [0, 0.05) is 19.6 Å². The summed E-state index contributed by atoms with van der Waals surface area (Å²) in [6.07, 6.45) is 5.80. The lowest BCUT2D eigenvalue weighted by Crippen LogP contribution is -2.28. The fourth-order valence-electron chi connectivity index (χ4n) is 3.14. The van der Waals surface area contributed by atoms with E-state index in [0.717, 1.165) is 18.7 Å². The predicted octanol–water partition coefficient (Wildman–Crippen LogP) is 4.82. The quantitative estimate of drug-likeness (QED) is 0.778. The largest absolute Gasteiger partial charge is 0.478 e. The van der Waals surface area contributed by atoms with Gasteiger partial charge in [-0.25, -0.2) is 9.18 Å². The lowest BCUT2D eigenvalue weighted by Gasteiger charge is -2.27. The molecule has 1 aliphatic rings. The standard InChI is InChI=1S/C22H22FNO2/c23-21-12-8-19(9-13-21)16-24(14-17-4-2-1-3-5-17)15-18-6-10-20(11-7-18)22(25)26/h1-8,10-13,19H,9,14-16H2,(H,25,26). The molecule has 26 heavy (non-hydrogen) atoms. The maximum Gasteiger partial charge on any atom is 0.335 e. The topological polar surface area (TPSA) is 40.5 Å². The van der Waals surface area contributed by atoms with E-state index in [-0.39, 0.29) is 11.7 Å². The monoisotopic (exact) mass is 351 g/mol. The second kappa shape index (κ2) is 8.59. The summed E-state index contributed by atoms with van der Waals surface area (Å²) < 4.78 is 13.2. The van der Waals surface area contributed by atoms with Crippen LogP contribution in [0.3, 0.4) is 0 Å². The highest BCUT2D eigenvalue weighted by molar-refractivity contribution is 5.87. The van der Waals surface area contributed by atoms with Crippen LogP contribution in [-0.4, -0.2) is 22.5 Å². The lowest BCUT2D eigenvalue weighted by atomic mass is 9.99. The van der Waals surface area contributed by atoms with Gasteiger partial charge >= 0.3 is 5.97 Å². The Bertz CT molecular complexity index is 797. The van der Waals surface area contributed by atoms with E-state index >= 15 is 0 Å². The van der Waals surface area contributed by atoms with Crippen molar-refractivity contribution in [2.24, 2.45) is 5.92 Å². The minimum absolute atomic E-state index is 0.167. The summed E-state index contributed by atoms with van der Waals surface area (Å²) in [7, 11) is 0. The maximum absolute atomic E-state index is 13.2. The summed E-state index contributed by atoms with van der Waals surface area (Å²) >= 11 is 0. The summed E-state index contributed by atoms with van der Waals surface area (Å²) in [4.78, 5) is 13.3. The zero-order chi connectivity index (χ0) is 18.4. The van der Waals surface area contributed by atoms with E-state index in [1.807, 2.05) is 36.4 Å². The summed E-state index contributed by atoms with van der Waals surface area (Å²) in [5.74, 6) is -0.810. The van der Waals surface area contributed by atoms with Gasteiger partial charge in [0.05, 0.1) is 5.56 Å². The Labute approximate surface area is 153 Å². The van der Waals surface area contributed by atoms with E-state index in [9.17, 15) is 9.18 Å². The third-order valence-corrected chi connectivity index (χ3v) is 4.49. The highest BCUT2D eigenvalue weighted by atomic mass is 19.1. The number of nitrogens with zero attached hydrogens (tertiary/aromatic N) is 1. The van der Waals surface area contributed by atoms with Gasteiger partial charge in [0.2, 0.25) is 0 Å². The third-order valence-electron chi connectivity index (χ3n) is 4.49. The molecule has 0 aromatic heterocycles. The number of carboxylic acids is 1. The van der Waals surface area contributed by atoms with Crippen molar-refractivity contribution < 1.29 is 14.3 Å². The third kappa shape index (κ3) is 5.14. The van der Waals surface area contributed by atoms with Crippen molar-refractivity contribution in [1.82, 2.24) is 4.90 Å². The Morgan fingerprint density at radius 3 is 2.27 bits per heavy atom. The number of carboxylic acid groups (broad SMARTS) is 1. The number of allylic oxidation sites excluding steroid dienone is 3. The number of hydrogen-bond donors (Lipinski definition) is 1. The van der Waals surface area contributed by atoms with E-state index < -0.39 is 5.97 Å². The van der Waals surface area contributed by atoms with Crippen LogP contribution in [0.1, 0.15) is 27.9 Å².